The maximum atomic E-state index is 5.36. The van der Waals surface area contributed by atoms with Crippen molar-refractivity contribution >= 4 is 18.2 Å². The summed E-state index contributed by atoms with van der Waals surface area (Å²) >= 11 is 5.36. The van der Waals surface area contributed by atoms with Gasteiger partial charge in [0.25, 0.3) is 0 Å². The molecule has 3 rings (SSSR count). The number of anilines is 1. The molecule has 2 aliphatic rings. The first-order chi connectivity index (χ1) is 9.58. The summed E-state index contributed by atoms with van der Waals surface area (Å²) in [6.07, 6.45) is 3.90. The van der Waals surface area contributed by atoms with E-state index in [9.17, 15) is 0 Å². The molecule has 0 amide bonds. The molecule has 112 valence electrons. The second-order valence-corrected chi connectivity index (χ2v) is 6.86. The summed E-state index contributed by atoms with van der Waals surface area (Å²) in [5.74, 6) is 1.80. The van der Waals surface area contributed by atoms with E-state index < -0.39 is 0 Å². The van der Waals surface area contributed by atoms with Crippen LogP contribution in [0.25, 0.3) is 0 Å². The van der Waals surface area contributed by atoms with Crippen molar-refractivity contribution < 1.29 is 0 Å². The lowest BCUT2D eigenvalue weighted by molar-refractivity contribution is 0.102. The largest absolute Gasteiger partial charge is 0.341 e. The van der Waals surface area contributed by atoms with Gasteiger partial charge in [0, 0.05) is 25.2 Å². The number of hydrogen-bond donors (Lipinski definition) is 1. The normalized spacial score (nSPS) is 27.9. The second-order valence-electron chi connectivity index (χ2n) is 6.48. The van der Waals surface area contributed by atoms with Gasteiger partial charge in [-0.25, -0.2) is 5.10 Å². The molecule has 0 aromatic carbocycles. The fourth-order valence-electron chi connectivity index (χ4n) is 3.82. The van der Waals surface area contributed by atoms with E-state index in [0.29, 0.717) is 6.04 Å². The standard InChI is InChI=1S/C14H25N5S/c1-10(2)19-13(15-16-14(19)20)18-8-6-12-11(9-18)5-4-7-17(12)3/h10-12H,4-9H2,1-3H3,(H,16,20). The first-order valence-corrected chi connectivity index (χ1v) is 8.11. The number of nitrogens with zero attached hydrogens (tertiary/aromatic N) is 4. The summed E-state index contributed by atoms with van der Waals surface area (Å²) in [5, 5.41) is 7.44. The molecule has 0 bridgehead atoms. The van der Waals surface area contributed by atoms with E-state index in [1.807, 2.05) is 0 Å². The van der Waals surface area contributed by atoms with Gasteiger partial charge in [-0.2, -0.15) is 0 Å². The molecule has 0 saturated carbocycles. The maximum absolute atomic E-state index is 5.36. The molecule has 1 N–H and O–H groups in total. The number of rotatable bonds is 2. The molecule has 1 aromatic rings. The number of aromatic amines is 1. The zero-order chi connectivity index (χ0) is 14.3. The van der Waals surface area contributed by atoms with E-state index in [2.05, 4.69) is 45.5 Å². The van der Waals surface area contributed by atoms with Gasteiger partial charge in [0.15, 0.2) is 4.77 Å². The van der Waals surface area contributed by atoms with Crippen LogP contribution in [-0.2, 0) is 0 Å². The van der Waals surface area contributed by atoms with Gasteiger partial charge in [-0.1, -0.05) is 0 Å². The van der Waals surface area contributed by atoms with Crippen molar-refractivity contribution in [3.63, 3.8) is 0 Å². The van der Waals surface area contributed by atoms with Crippen LogP contribution in [0.3, 0.4) is 0 Å². The van der Waals surface area contributed by atoms with E-state index in [1.54, 1.807) is 0 Å². The molecular formula is C14H25N5S. The zero-order valence-corrected chi connectivity index (χ0v) is 13.5. The molecule has 1 aromatic heterocycles. The molecule has 0 spiro atoms. The fraction of sp³-hybridized carbons (Fsp3) is 0.857. The Labute approximate surface area is 126 Å². The molecule has 3 heterocycles. The molecule has 0 aliphatic carbocycles. The van der Waals surface area contributed by atoms with Crippen LogP contribution in [0.1, 0.15) is 39.2 Å². The third kappa shape index (κ3) is 2.39. The second kappa shape index (κ2) is 5.48. The summed E-state index contributed by atoms with van der Waals surface area (Å²) in [4.78, 5) is 4.97. The van der Waals surface area contributed by atoms with Gasteiger partial charge in [0.2, 0.25) is 5.95 Å². The molecular weight excluding hydrogens is 270 g/mol. The topological polar surface area (TPSA) is 40.1 Å². The molecule has 2 atom stereocenters. The molecule has 2 saturated heterocycles. The Morgan fingerprint density at radius 1 is 1.30 bits per heavy atom. The van der Waals surface area contributed by atoms with Crippen LogP contribution < -0.4 is 4.90 Å². The highest BCUT2D eigenvalue weighted by atomic mass is 32.1. The van der Waals surface area contributed by atoms with Crippen LogP contribution in [0, 0.1) is 10.7 Å². The number of fused-ring (bicyclic) bond motifs is 1. The van der Waals surface area contributed by atoms with E-state index in [1.165, 1.54) is 25.8 Å². The van der Waals surface area contributed by atoms with E-state index in [4.69, 9.17) is 12.2 Å². The number of nitrogens with one attached hydrogen (secondary N) is 1. The lowest BCUT2D eigenvalue weighted by Gasteiger charge is -2.46. The minimum Gasteiger partial charge on any atom is -0.341 e. The van der Waals surface area contributed by atoms with Gasteiger partial charge in [-0.15, -0.1) is 5.10 Å². The van der Waals surface area contributed by atoms with Crippen molar-refractivity contribution in [3.05, 3.63) is 4.77 Å². The average molecular weight is 295 g/mol. The average Bonchev–Trinajstić information content (AvgIpc) is 2.80. The molecule has 5 nitrogen and oxygen atoms in total. The first kappa shape index (κ1) is 14.1. The highest BCUT2D eigenvalue weighted by Crippen LogP contribution is 2.31. The Kier molecular flexibility index (Phi) is 3.86. The number of aromatic nitrogens is 3. The third-order valence-electron chi connectivity index (χ3n) is 4.83. The third-order valence-corrected chi connectivity index (χ3v) is 5.12. The van der Waals surface area contributed by atoms with Crippen LogP contribution in [-0.4, -0.2) is 52.4 Å². The maximum Gasteiger partial charge on any atom is 0.225 e. The van der Waals surface area contributed by atoms with Crippen molar-refractivity contribution in [3.8, 4) is 0 Å². The fourth-order valence-corrected chi connectivity index (χ4v) is 4.16. The van der Waals surface area contributed by atoms with Crippen LogP contribution in [0.15, 0.2) is 0 Å². The summed E-state index contributed by atoms with van der Waals surface area (Å²) in [5.41, 5.74) is 0. The van der Waals surface area contributed by atoms with Crippen LogP contribution in [0.5, 0.6) is 0 Å². The first-order valence-electron chi connectivity index (χ1n) is 7.70. The van der Waals surface area contributed by atoms with E-state index >= 15 is 0 Å². The van der Waals surface area contributed by atoms with Gasteiger partial charge in [-0.05, 0) is 64.8 Å². The molecule has 0 radical (unpaired) electrons. The smallest absolute Gasteiger partial charge is 0.225 e. The molecule has 20 heavy (non-hydrogen) atoms. The summed E-state index contributed by atoms with van der Waals surface area (Å²) in [6.45, 7) is 7.77. The summed E-state index contributed by atoms with van der Waals surface area (Å²) in [6, 6.07) is 1.11. The predicted molar refractivity (Wildman–Crippen MR) is 83.8 cm³/mol. The van der Waals surface area contributed by atoms with Crippen LogP contribution in [0.2, 0.25) is 0 Å². The molecule has 2 fully saturated rings. The van der Waals surface area contributed by atoms with Gasteiger partial charge >= 0.3 is 0 Å². The van der Waals surface area contributed by atoms with Gasteiger partial charge in [0.1, 0.15) is 0 Å². The lowest BCUT2D eigenvalue weighted by Crippen LogP contribution is -2.53. The predicted octanol–water partition coefficient (Wildman–Crippen LogP) is 2.44. The number of H-pyrrole nitrogens is 1. The number of hydrogen-bond acceptors (Lipinski definition) is 4. The zero-order valence-electron chi connectivity index (χ0n) is 12.7. The Morgan fingerprint density at radius 2 is 2.10 bits per heavy atom. The Balaban J connectivity index is 1.81. The SMILES string of the molecule is CC(C)n1c(N2CCC3C(CCCN3C)C2)n[nH]c1=S. The molecule has 2 aliphatic heterocycles. The van der Waals surface area contributed by atoms with Gasteiger partial charge in [-0.3, -0.25) is 4.57 Å². The highest BCUT2D eigenvalue weighted by molar-refractivity contribution is 7.71. The Bertz CT molecular complexity index is 520. The molecule has 2 unspecified atom stereocenters. The minimum atomic E-state index is 0.350. The van der Waals surface area contributed by atoms with Crippen molar-refractivity contribution in [1.29, 1.82) is 0 Å². The van der Waals surface area contributed by atoms with Crippen molar-refractivity contribution in [1.82, 2.24) is 19.7 Å². The van der Waals surface area contributed by atoms with Crippen molar-refractivity contribution in [2.75, 3.05) is 31.6 Å². The van der Waals surface area contributed by atoms with Crippen LogP contribution >= 0.6 is 12.2 Å². The van der Waals surface area contributed by atoms with Crippen molar-refractivity contribution in [2.24, 2.45) is 5.92 Å². The minimum absolute atomic E-state index is 0.350. The lowest BCUT2D eigenvalue weighted by atomic mass is 9.84. The summed E-state index contributed by atoms with van der Waals surface area (Å²) < 4.78 is 2.88. The Morgan fingerprint density at radius 3 is 2.85 bits per heavy atom. The van der Waals surface area contributed by atoms with E-state index in [0.717, 1.165) is 35.8 Å². The monoisotopic (exact) mass is 295 g/mol. The number of piperidine rings is 2. The van der Waals surface area contributed by atoms with Gasteiger partial charge in [0.05, 0.1) is 0 Å². The number of likely N-dealkylation sites (tertiary alicyclic amines) is 1. The quantitative estimate of drug-likeness (QED) is 0.851. The highest BCUT2D eigenvalue weighted by Gasteiger charge is 2.35. The molecule has 6 heteroatoms. The van der Waals surface area contributed by atoms with Gasteiger partial charge < -0.3 is 9.80 Å². The van der Waals surface area contributed by atoms with E-state index in [-0.39, 0.29) is 0 Å². The van der Waals surface area contributed by atoms with Crippen LogP contribution in [0.4, 0.5) is 5.95 Å². The Hall–Kier alpha value is -0.880. The summed E-state index contributed by atoms with van der Waals surface area (Å²) in [7, 11) is 2.27. The van der Waals surface area contributed by atoms with Crippen molar-refractivity contribution in [2.45, 2.75) is 45.2 Å².